The Morgan fingerprint density at radius 3 is 2.55 bits per heavy atom. The third kappa shape index (κ3) is 3.14. The summed E-state index contributed by atoms with van der Waals surface area (Å²) in [4.78, 5) is 22.2. The van der Waals surface area contributed by atoms with Crippen LogP contribution in [0.3, 0.4) is 0 Å². The van der Waals surface area contributed by atoms with Gasteiger partial charge in [-0.3, -0.25) is 9.59 Å². The molecule has 2 aromatic rings. The second kappa shape index (κ2) is 5.32. The molecule has 0 aliphatic heterocycles. The van der Waals surface area contributed by atoms with E-state index >= 15 is 0 Å². The first kappa shape index (κ1) is 14.0. The van der Waals surface area contributed by atoms with Crippen LogP contribution >= 0.6 is 0 Å². The molecule has 0 aliphatic rings. The zero-order chi connectivity index (χ0) is 14.8. The summed E-state index contributed by atoms with van der Waals surface area (Å²) < 4.78 is 39.0. The van der Waals surface area contributed by atoms with Crippen molar-refractivity contribution < 1.29 is 18.0 Å². The first-order valence-electron chi connectivity index (χ1n) is 5.72. The minimum Gasteiger partial charge on any atom is -0.310 e. The van der Waals surface area contributed by atoms with Gasteiger partial charge in [-0.25, -0.2) is 0 Å². The lowest BCUT2D eigenvalue weighted by Gasteiger charge is -2.10. The van der Waals surface area contributed by atoms with Crippen molar-refractivity contribution in [3.63, 3.8) is 0 Å². The molecule has 0 unspecified atom stereocenters. The van der Waals surface area contributed by atoms with Crippen LogP contribution in [-0.4, -0.2) is 10.9 Å². The minimum atomic E-state index is -4.42. The molecule has 6 heteroatoms. The molecule has 1 heterocycles. The Balaban J connectivity index is 2.35. The molecule has 1 aromatic heterocycles. The van der Waals surface area contributed by atoms with E-state index in [0.29, 0.717) is 11.8 Å². The maximum atomic E-state index is 12.6. The van der Waals surface area contributed by atoms with Crippen LogP contribution in [-0.2, 0) is 12.7 Å². The molecule has 104 valence electrons. The van der Waals surface area contributed by atoms with Crippen molar-refractivity contribution in [2.24, 2.45) is 0 Å². The largest absolute Gasteiger partial charge is 0.416 e. The monoisotopic (exact) mass is 281 g/mol. The number of hydrogen-bond donors (Lipinski definition) is 0. The normalized spacial score (nSPS) is 11.3. The van der Waals surface area contributed by atoms with Crippen molar-refractivity contribution in [3.05, 3.63) is 69.6 Å². The van der Waals surface area contributed by atoms with Crippen molar-refractivity contribution in [1.29, 1.82) is 0 Å². The van der Waals surface area contributed by atoms with Crippen LogP contribution in [0, 0.1) is 0 Å². The summed E-state index contributed by atoms with van der Waals surface area (Å²) in [6.45, 7) is -0.0234. The number of halogens is 3. The minimum absolute atomic E-state index is 0.0234. The van der Waals surface area contributed by atoms with Crippen LogP contribution in [0.5, 0.6) is 0 Å². The number of carbonyl (C=O) groups is 1. The van der Waals surface area contributed by atoms with E-state index in [2.05, 4.69) is 0 Å². The van der Waals surface area contributed by atoms with E-state index in [0.717, 1.165) is 12.1 Å². The highest BCUT2D eigenvalue weighted by molar-refractivity contribution is 5.73. The summed E-state index contributed by atoms with van der Waals surface area (Å²) in [7, 11) is 0. The van der Waals surface area contributed by atoms with Crippen molar-refractivity contribution in [2.45, 2.75) is 12.7 Å². The average Bonchev–Trinajstić information content (AvgIpc) is 2.41. The predicted molar refractivity (Wildman–Crippen MR) is 66.6 cm³/mol. The van der Waals surface area contributed by atoms with E-state index in [-0.39, 0.29) is 17.7 Å². The molecule has 2 rings (SSSR count). The van der Waals surface area contributed by atoms with E-state index in [1.165, 1.54) is 35.0 Å². The molecule has 0 amide bonds. The highest BCUT2D eigenvalue weighted by atomic mass is 19.4. The number of hydrogen-bond acceptors (Lipinski definition) is 2. The van der Waals surface area contributed by atoms with Crippen LogP contribution in [0.2, 0.25) is 0 Å². The van der Waals surface area contributed by atoms with E-state index in [4.69, 9.17) is 0 Å². The van der Waals surface area contributed by atoms with Gasteiger partial charge in [0.25, 0.3) is 5.56 Å². The quantitative estimate of drug-likeness (QED) is 0.811. The molecule has 0 saturated heterocycles. The molecular weight excluding hydrogens is 271 g/mol. The molecular formula is C14H10F3NO2. The molecule has 20 heavy (non-hydrogen) atoms. The second-order valence-corrected chi connectivity index (χ2v) is 4.24. The van der Waals surface area contributed by atoms with Crippen LogP contribution in [0.25, 0.3) is 0 Å². The summed E-state index contributed by atoms with van der Waals surface area (Å²) in [6.07, 6.45) is -2.54. The fraction of sp³-hybridized carbons (Fsp3) is 0.143. The Bertz CT molecular complexity index is 689. The number of alkyl halides is 3. The first-order valence-corrected chi connectivity index (χ1v) is 5.72. The molecule has 0 aliphatic carbocycles. The summed E-state index contributed by atoms with van der Waals surface area (Å²) in [5, 5.41) is 0. The van der Waals surface area contributed by atoms with Crippen molar-refractivity contribution in [1.82, 2.24) is 4.57 Å². The molecule has 0 saturated carbocycles. The van der Waals surface area contributed by atoms with Gasteiger partial charge in [0.15, 0.2) is 6.29 Å². The Morgan fingerprint density at radius 2 is 1.90 bits per heavy atom. The third-order valence-electron chi connectivity index (χ3n) is 2.75. The van der Waals surface area contributed by atoms with Gasteiger partial charge in [-0.15, -0.1) is 0 Å². The zero-order valence-electron chi connectivity index (χ0n) is 10.2. The van der Waals surface area contributed by atoms with E-state index < -0.39 is 11.7 Å². The zero-order valence-corrected chi connectivity index (χ0v) is 10.2. The van der Waals surface area contributed by atoms with Gasteiger partial charge >= 0.3 is 6.18 Å². The predicted octanol–water partition coefficient (Wildman–Crippen LogP) is 2.73. The Kier molecular flexibility index (Phi) is 3.74. The molecule has 0 bridgehead atoms. The number of benzene rings is 1. The van der Waals surface area contributed by atoms with Gasteiger partial charge in [-0.1, -0.05) is 12.1 Å². The lowest BCUT2D eigenvalue weighted by Crippen LogP contribution is -2.20. The average molecular weight is 281 g/mol. The summed E-state index contributed by atoms with van der Waals surface area (Å²) in [6, 6.07) is 7.30. The van der Waals surface area contributed by atoms with Gasteiger partial charge in [-0.2, -0.15) is 13.2 Å². The SMILES string of the molecule is O=Cc1ccc(=O)n(Cc2cccc(C(F)(F)F)c2)c1. The van der Waals surface area contributed by atoms with Gasteiger partial charge in [-0.05, 0) is 23.8 Å². The van der Waals surface area contributed by atoms with Crippen LogP contribution < -0.4 is 5.56 Å². The highest BCUT2D eigenvalue weighted by Crippen LogP contribution is 2.29. The van der Waals surface area contributed by atoms with Crippen molar-refractivity contribution in [2.75, 3.05) is 0 Å². The lowest BCUT2D eigenvalue weighted by atomic mass is 10.1. The van der Waals surface area contributed by atoms with E-state index in [9.17, 15) is 22.8 Å². The Morgan fingerprint density at radius 1 is 1.15 bits per heavy atom. The maximum Gasteiger partial charge on any atom is 0.416 e. The molecule has 0 spiro atoms. The molecule has 0 N–H and O–H groups in total. The Labute approximate surface area is 112 Å². The number of nitrogens with zero attached hydrogens (tertiary/aromatic N) is 1. The maximum absolute atomic E-state index is 12.6. The summed E-state index contributed by atoms with van der Waals surface area (Å²) in [5.41, 5.74) is -0.524. The highest BCUT2D eigenvalue weighted by Gasteiger charge is 2.30. The molecule has 3 nitrogen and oxygen atoms in total. The Hall–Kier alpha value is -2.37. The standard InChI is InChI=1S/C14H10F3NO2/c15-14(16,17)12-3-1-2-10(6-12)7-18-8-11(9-19)4-5-13(18)20/h1-6,8-9H,7H2. The fourth-order valence-electron chi connectivity index (χ4n) is 1.79. The molecule has 1 aromatic carbocycles. The summed E-state index contributed by atoms with van der Waals surface area (Å²) >= 11 is 0. The van der Waals surface area contributed by atoms with Gasteiger partial charge < -0.3 is 4.57 Å². The topological polar surface area (TPSA) is 39.1 Å². The first-order chi connectivity index (χ1) is 9.40. The van der Waals surface area contributed by atoms with Crippen LogP contribution in [0.15, 0.2) is 47.4 Å². The fourth-order valence-corrected chi connectivity index (χ4v) is 1.79. The number of carbonyl (C=O) groups excluding carboxylic acids is 1. The van der Waals surface area contributed by atoms with Crippen molar-refractivity contribution in [3.8, 4) is 0 Å². The van der Waals surface area contributed by atoms with Gasteiger partial charge in [0.2, 0.25) is 0 Å². The molecule has 0 radical (unpaired) electrons. The van der Waals surface area contributed by atoms with Crippen LogP contribution in [0.1, 0.15) is 21.5 Å². The number of aldehydes is 1. The van der Waals surface area contributed by atoms with Gasteiger partial charge in [0.1, 0.15) is 0 Å². The molecule has 0 fully saturated rings. The summed E-state index contributed by atoms with van der Waals surface area (Å²) in [5.74, 6) is 0. The number of rotatable bonds is 3. The van der Waals surface area contributed by atoms with Gasteiger partial charge in [0, 0.05) is 17.8 Å². The van der Waals surface area contributed by atoms with E-state index in [1.54, 1.807) is 0 Å². The van der Waals surface area contributed by atoms with Gasteiger partial charge in [0.05, 0.1) is 12.1 Å². The molecule has 0 atom stereocenters. The van der Waals surface area contributed by atoms with Crippen LogP contribution in [0.4, 0.5) is 13.2 Å². The smallest absolute Gasteiger partial charge is 0.310 e. The number of pyridine rings is 1. The third-order valence-corrected chi connectivity index (χ3v) is 2.75. The van der Waals surface area contributed by atoms with E-state index in [1.807, 2.05) is 0 Å². The second-order valence-electron chi connectivity index (χ2n) is 4.24. The van der Waals surface area contributed by atoms with Crippen molar-refractivity contribution >= 4 is 6.29 Å². The lowest BCUT2D eigenvalue weighted by molar-refractivity contribution is -0.137. The number of aromatic nitrogens is 1.